The quantitative estimate of drug-likeness (QED) is 0.769. The van der Waals surface area contributed by atoms with E-state index < -0.39 is 0 Å². The Kier molecular flexibility index (Phi) is 4.80. The number of hydrogen-bond donors (Lipinski definition) is 0. The summed E-state index contributed by atoms with van der Waals surface area (Å²) < 4.78 is 13.2. The molecular formula is C21H26FN3OS. The predicted octanol–water partition coefficient (Wildman–Crippen LogP) is 4.35. The molecule has 0 aliphatic carbocycles. The normalized spacial score (nSPS) is 26.1. The molecule has 4 rings (SSSR count). The Bertz CT molecular complexity index is 850. The number of piperidine rings is 2. The van der Waals surface area contributed by atoms with Crippen molar-refractivity contribution in [2.75, 3.05) is 20.1 Å². The molecule has 27 heavy (non-hydrogen) atoms. The van der Waals surface area contributed by atoms with Crippen LogP contribution >= 0.6 is 11.3 Å². The highest BCUT2D eigenvalue weighted by molar-refractivity contribution is 7.17. The molecule has 4 nitrogen and oxygen atoms in total. The molecule has 3 heterocycles. The molecule has 0 radical (unpaired) electrons. The molecule has 2 atom stereocenters. The van der Waals surface area contributed by atoms with Crippen molar-refractivity contribution in [1.82, 2.24) is 14.8 Å². The Morgan fingerprint density at radius 2 is 2.00 bits per heavy atom. The summed E-state index contributed by atoms with van der Waals surface area (Å²) in [7, 11) is 2.19. The topological polar surface area (TPSA) is 36.4 Å². The van der Waals surface area contributed by atoms with E-state index in [1.807, 2.05) is 6.92 Å². The van der Waals surface area contributed by atoms with Crippen LogP contribution in [0.1, 0.15) is 48.0 Å². The number of fused-ring (bicyclic) bond motifs is 1. The second-order valence-corrected chi connectivity index (χ2v) is 8.98. The minimum Gasteiger partial charge on any atom is -0.333 e. The zero-order chi connectivity index (χ0) is 19.2. The summed E-state index contributed by atoms with van der Waals surface area (Å²) in [6.45, 7) is 6.12. The zero-order valence-electron chi connectivity index (χ0n) is 16.2. The number of carbonyl (C=O) groups excluding carboxylic acids is 1. The first-order valence-corrected chi connectivity index (χ1v) is 10.5. The third-order valence-corrected chi connectivity index (χ3v) is 7.56. The Labute approximate surface area is 164 Å². The van der Waals surface area contributed by atoms with Crippen molar-refractivity contribution in [2.24, 2.45) is 0 Å². The van der Waals surface area contributed by atoms with Gasteiger partial charge in [0, 0.05) is 17.6 Å². The minimum absolute atomic E-state index is 0.0601. The summed E-state index contributed by atoms with van der Waals surface area (Å²) in [6, 6.07) is 6.56. The number of hydrogen-bond acceptors (Lipinski definition) is 4. The van der Waals surface area contributed by atoms with Crippen molar-refractivity contribution < 1.29 is 9.18 Å². The Morgan fingerprint density at radius 3 is 2.74 bits per heavy atom. The average Bonchev–Trinajstić information content (AvgIpc) is 3.04. The largest absolute Gasteiger partial charge is 0.333 e. The third kappa shape index (κ3) is 3.19. The van der Waals surface area contributed by atoms with E-state index >= 15 is 0 Å². The van der Waals surface area contributed by atoms with Gasteiger partial charge in [-0.1, -0.05) is 0 Å². The van der Waals surface area contributed by atoms with Crippen LogP contribution in [0.2, 0.25) is 0 Å². The van der Waals surface area contributed by atoms with Crippen LogP contribution in [0.4, 0.5) is 4.39 Å². The van der Waals surface area contributed by atoms with E-state index in [0.29, 0.717) is 4.88 Å². The lowest BCUT2D eigenvalue weighted by Gasteiger charge is -2.55. The summed E-state index contributed by atoms with van der Waals surface area (Å²) in [6.07, 6.45) is 4.37. The third-order valence-electron chi connectivity index (χ3n) is 6.36. The van der Waals surface area contributed by atoms with Crippen LogP contribution in [0.25, 0.3) is 10.6 Å². The molecule has 2 aliphatic heterocycles. The molecule has 2 aliphatic rings. The fourth-order valence-corrected chi connectivity index (χ4v) is 5.67. The first kappa shape index (κ1) is 18.6. The summed E-state index contributed by atoms with van der Waals surface area (Å²) in [5.41, 5.74) is 1.68. The number of aromatic nitrogens is 1. The van der Waals surface area contributed by atoms with Crippen molar-refractivity contribution in [3.63, 3.8) is 0 Å². The number of halogens is 1. The monoisotopic (exact) mass is 387 g/mol. The van der Waals surface area contributed by atoms with E-state index in [4.69, 9.17) is 0 Å². The summed E-state index contributed by atoms with van der Waals surface area (Å²) in [5.74, 6) is -0.165. The number of aryl methyl sites for hydroxylation is 1. The van der Waals surface area contributed by atoms with Crippen molar-refractivity contribution in [1.29, 1.82) is 0 Å². The Hall–Kier alpha value is -1.79. The number of likely N-dealkylation sites (N-methyl/N-ethyl adjacent to an activating group) is 1. The molecule has 1 aromatic carbocycles. The molecule has 2 saturated heterocycles. The Balaban J connectivity index is 1.63. The van der Waals surface area contributed by atoms with Gasteiger partial charge in [0.25, 0.3) is 5.91 Å². The molecule has 0 unspecified atom stereocenters. The summed E-state index contributed by atoms with van der Waals surface area (Å²) in [4.78, 5) is 23.3. The molecule has 2 aromatic rings. The summed E-state index contributed by atoms with van der Waals surface area (Å²) in [5, 5.41) is 0.774. The van der Waals surface area contributed by atoms with Crippen molar-refractivity contribution >= 4 is 17.2 Å². The van der Waals surface area contributed by atoms with Gasteiger partial charge in [-0.25, -0.2) is 9.37 Å². The maximum atomic E-state index is 13.4. The maximum absolute atomic E-state index is 13.4. The van der Waals surface area contributed by atoms with Gasteiger partial charge >= 0.3 is 0 Å². The van der Waals surface area contributed by atoms with Gasteiger partial charge in [0.15, 0.2) is 0 Å². The minimum atomic E-state index is -0.266. The van der Waals surface area contributed by atoms with Crippen LogP contribution in [0.3, 0.4) is 0 Å². The van der Waals surface area contributed by atoms with E-state index in [1.54, 1.807) is 12.1 Å². The Morgan fingerprint density at radius 1 is 1.26 bits per heavy atom. The highest BCUT2D eigenvalue weighted by atomic mass is 32.1. The standard InChI is InChI=1S/C21H26FN3OS/c1-14-18(27-19(23-14)15-7-9-16(22)10-8-15)20(26)25-13-5-11-21(2)17(25)6-4-12-24(21)3/h7-10,17H,4-6,11-13H2,1-3H3/t17-,21-/m0/s1. The average molecular weight is 388 g/mol. The van der Waals surface area contributed by atoms with Gasteiger partial charge in [-0.05, 0) is 77.4 Å². The number of likely N-dealkylation sites (tertiary alicyclic amines) is 2. The van der Waals surface area contributed by atoms with Crippen molar-refractivity contribution in [3.05, 3.63) is 40.7 Å². The molecule has 0 saturated carbocycles. The molecule has 0 N–H and O–H groups in total. The molecule has 0 bridgehead atoms. The van der Waals surface area contributed by atoms with Gasteiger partial charge in [0.1, 0.15) is 15.7 Å². The number of benzene rings is 1. The van der Waals surface area contributed by atoms with Crippen LogP contribution in [0.15, 0.2) is 24.3 Å². The second kappa shape index (κ2) is 6.99. The van der Waals surface area contributed by atoms with Crippen LogP contribution in [-0.2, 0) is 0 Å². The lowest BCUT2D eigenvalue weighted by molar-refractivity contribution is -0.0346. The van der Waals surface area contributed by atoms with E-state index in [2.05, 4.69) is 28.8 Å². The molecule has 1 amide bonds. The van der Waals surface area contributed by atoms with Crippen LogP contribution in [0.5, 0.6) is 0 Å². The smallest absolute Gasteiger partial charge is 0.266 e. The first-order chi connectivity index (χ1) is 12.9. The van der Waals surface area contributed by atoms with Crippen LogP contribution < -0.4 is 0 Å². The van der Waals surface area contributed by atoms with Gasteiger partial charge in [0.2, 0.25) is 0 Å². The van der Waals surface area contributed by atoms with E-state index in [1.165, 1.54) is 23.5 Å². The van der Waals surface area contributed by atoms with Crippen molar-refractivity contribution in [2.45, 2.75) is 51.1 Å². The molecular weight excluding hydrogens is 361 g/mol. The highest BCUT2D eigenvalue weighted by Crippen LogP contribution is 2.39. The molecule has 0 spiro atoms. The zero-order valence-corrected chi connectivity index (χ0v) is 17.0. The van der Waals surface area contributed by atoms with E-state index in [9.17, 15) is 9.18 Å². The van der Waals surface area contributed by atoms with Gasteiger partial charge in [0.05, 0.1) is 11.7 Å². The molecule has 144 valence electrons. The van der Waals surface area contributed by atoms with Gasteiger partial charge in [-0.3, -0.25) is 9.69 Å². The number of amides is 1. The lowest BCUT2D eigenvalue weighted by Crippen LogP contribution is -2.66. The maximum Gasteiger partial charge on any atom is 0.266 e. The fraction of sp³-hybridized carbons (Fsp3) is 0.524. The van der Waals surface area contributed by atoms with Crippen molar-refractivity contribution in [3.8, 4) is 10.6 Å². The van der Waals surface area contributed by atoms with Gasteiger partial charge in [-0.15, -0.1) is 11.3 Å². The molecule has 6 heteroatoms. The second-order valence-electron chi connectivity index (χ2n) is 7.98. The first-order valence-electron chi connectivity index (χ1n) is 9.66. The number of thiazole rings is 1. The van der Waals surface area contributed by atoms with Gasteiger partial charge < -0.3 is 4.90 Å². The van der Waals surface area contributed by atoms with E-state index in [0.717, 1.165) is 55.0 Å². The van der Waals surface area contributed by atoms with Gasteiger partial charge in [-0.2, -0.15) is 0 Å². The summed E-state index contributed by atoms with van der Waals surface area (Å²) >= 11 is 1.42. The molecule has 1 aromatic heterocycles. The van der Waals surface area contributed by atoms with Crippen LogP contribution in [-0.4, -0.2) is 52.4 Å². The van der Waals surface area contributed by atoms with E-state index in [-0.39, 0.29) is 23.3 Å². The number of rotatable bonds is 2. The lowest BCUT2D eigenvalue weighted by atomic mass is 9.76. The highest BCUT2D eigenvalue weighted by Gasteiger charge is 2.47. The SMILES string of the molecule is Cc1nc(-c2ccc(F)cc2)sc1C(=O)N1CCC[C@@]2(C)[C@@H]1CCCN2C. The predicted molar refractivity (Wildman–Crippen MR) is 107 cm³/mol. The number of nitrogens with zero attached hydrogens (tertiary/aromatic N) is 3. The molecule has 2 fully saturated rings. The van der Waals surface area contributed by atoms with Crippen LogP contribution in [0, 0.1) is 12.7 Å². The fourth-order valence-electron chi connectivity index (χ4n) is 4.64. The number of carbonyl (C=O) groups is 1.